The number of hydrogen-bond donors (Lipinski definition) is 1. The Labute approximate surface area is 224 Å². The molecule has 2 aromatic carbocycles. The molecule has 2 heterocycles. The molecule has 4 rings (SSSR count). The summed E-state index contributed by atoms with van der Waals surface area (Å²) in [6, 6.07) is 13.7. The minimum atomic E-state index is -0.721. The van der Waals surface area contributed by atoms with Crippen molar-refractivity contribution in [3.05, 3.63) is 65.2 Å². The Morgan fingerprint density at radius 2 is 1.68 bits per heavy atom. The summed E-state index contributed by atoms with van der Waals surface area (Å²) in [7, 11) is 0. The molecule has 0 bridgehead atoms. The maximum Gasteiger partial charge on any atom is 0.295 e. The maximum absolute atomic E-state index is 13.4. The number of aliphatic hydroxyl groups excluding tert-OH is 1. The van der Waals surface area contributed by atoms with E-state index in [4.69, 9.17) is 14.2 Å². The predicted octanol–water partition coefficient (Wildman–Crippen LogP) is 4.41. The minimum Gasteiger partial charge on any atom is -0.507 e. The number of rotatable bonds is 12. The highest BCUT2D eigenvalue weighted by molar-refractivity contribution is 6.46. The molecule has 2 fully saturated rings. The lowest BCUT2D eigenvalue weighted by molar-refractivity contribution is -0.140. The molecule has 1 amide bonds. The minimum absolute atomic E-state index is 0.0879. The van der Waals surface area contributed by atoms with Crippen LogP contribution in [-0.4, -0.2) is 79.2 Å². The fourth-order valence-electron chi connectivity index (χ4n) is 4.72. The van der Waals surface area contributed by atoms with Crippen molar-refractivity contribution in [1.29, 1.82) is 0 Å². The second-order valence-corrected chi connectivity index (χ2v) is 9.59. The highest BCUT2D eigenvalue weighted by Crippen LogP contribution is 2.40. The molecule has 204 valence electrons. The van der Waals surface area contributed by atoms with Gasteiger partial charge >= 0.3 is 0 Å². The number of ether oxygens (including phenoxy) is 3. The quantitative estimate of drug-likeness (QED) is 0.191. The Morgan fingerprint density at radius 3 is 2.39 bits per heavy atom. The SMILES string of the molecule is CCCCOc1cccc(C2C(=C(O)c3ccc(OCCC)cc3)C(=O)C(=O)N2CCN2CCOCC2)c1. The number of Topliss-reactive ketones (excluding diaryl/α,β-unsaturated/α-hetero) is 1. The van der Waals surface area contributed by atoms with Gasteiger partial charge in [-0.25, -0.2) is 0 Å². The van der Waals surface area contributed by atoms with Crippen molar-refractivity contribution >= 4 is 17.4 Å². The topological polar surface area (TPSA) is 88.5 Å². The van der Waals surface area contributed by atoms with Crippen LogP contribution in [0.15, 0.2) is 54.1 Å². The van der Waals surface area contributed by atoms with Gasteiger partial charge in [-0.15, -0.1) is 0 Å². The number of carbonyl (C=O) groups is 2. The number of likely N-dealkylation sites (tertiary alicyclic amines) is 1. The zero-order valence-electron chi connectivity index (χ0n) is 22.4. The fourth-order valence-corrected chi connectivity index (χ4v) is 4.72. The number of carbonyl (C=O) groups excluding carboxylic acids is 2. The molecule has 0 spiro atoms. The molecule has 2 aliphatic heterocycles. The summed E-state index contributed by atoms with van der Waals surface area (Å²) in [5.41, 5.74) is 1.27. The summed E-state index contributed by atoms with van der Waals surface area (Å²) < 4.78 is 17.0. The van der Waals surface area contributed by atoms with Crippen LogP contribution >= 0.6 is 0 Å². The Hall–Kier alpha value is -3.36. The maximum atomic E-state index is 13.4. The molecule has 0 aromatic heterocycles. The van der Waals surface area contributed by atoms with E-state index in [2.05, 4.69) is 11.8 Å². The molecule has 1 N–H and O–H groups in total. The van der Waals surface area contributed by atoms with E-state index < -0.39 is 17.7 Å². The van der Waals surface area contributed by atoms with Crippen molar-refractivity contribution in [3.63, 3.8) is 0 Å². The van der Waals surface area contributed by atoms with Crippen LogP contribution in [0.1, 0.15) is 50.3 Å². The lowest BCUT2D eigenvalue weighted by Gasteiger charge is -2.31. The fraction of sp³-hybridized carbons (Fsp3) is 0.467. The summed E-state index contributed by atoms with van der Waals surface area (Å²) in [5.74, 6) is -0.125. The molecular formula is C30H38N2O6. The van der Waals surface area contributed by atoms with Crippen molar-refractivity contribution in [2.45, 2.75) is 39.2 Å². The third-order valence-corrected chi connectivity index (χ3v) is 6.84. The molecule has 1 atom stereocenters. The molecule has 0 radical (unpaired) electrons. The number of hydrogen-bond acceptors (Lipinski definition) is 7. The van der Waals surface area contributed by atoms with Crippen LogP contribution in [-0.2, 0) is 14.3 Å². The highest BCUT2D eigenvalue weighted by atomic mass is 16.5. The van der Waals surface area contributed by atoms with E-state index in [0.717, 1.165) is 37.9 Å². The molecule has 38 heavy (non-hydrogen) atoms. The van der Waals surface area contributed by atoms with E-state index >= 15 is 0 Å². The normalized spacial score (nSPS) is 19.6. The summed E-state index contributed by atoms with van der Waals surface area (Å²) in [6.45, 7) is 9.14. The highest BCUT2D eigenvalue weighted by Gasteiger charge is 2.46. The van der Waals surface area contributed by atoms with Gasteiger partial charge in [0.15, 0.2) is 0 Å². The van der Waals surface area contributed by atoms with Gasteiger partial charge in [0, 0.05) is 31.7 Å². The van der Waals surface area contributed by atoms with Gasteiger partial charge in [0.2, 0.25) is 0 Å². The van der Waals surface area contributed by atoms with Crippen molar-refractivity contribution in [3.8, 4) is 11.5 Å². The Morgan fingerprint density at radius 1 is 0.947 bits per heavy atom. The average molecular weight is 523 g/mol. The van der Waals surface area contributed by atoms with Gasteiger partial charge in [-0.3, -0.25) is 14.5 Å². The molecular weight excluding hydrogens is 484 g/mol. The third kappa shape index (κ3) is 6.55. The number of ketones is 1. The first-order valence-electron chi connectivity index (χ1n) is 13.6. The molecule has 2 aromatic rings. The second kappa shape index (κ2) is 13.4. The first kappa shape index (κ1) is 27.7. The molecule has 2 saturated heterocycles. The van der Waals surface area contributed by atoms with Crippen LogP contribution in [0.4, 0.5) is 0 Å². The van der Waals surface area contributed by atoms with Gasteiger partial charge in [-0.05, 0) is 54.8 Å². The van der Waals surface area contributed by atoms with Gasteiger partial charge in [0.05, 0.1) is 38.0 Å². The molecule has 0 saturated carbocycles. The molecule has 0 aliphatic carbocycles. The monoisotopic (exact) mass is 522 g/mol. The average Bonchev–Trinajstić information content (AvgIpc) is 3.21. The number of unbranched alkanes of at least 4 members (excludes halogenated alkanes) is 1. The van der Waals surface area contributed by atoms with Crippen LogP contribution < -0.4 is 9.47 Å². The lowest BCUT2D eigenvalue weighted by Crippen LogP contribution is -2.42. The third-order valence-electron chi connectivity index (χ3n) is 6.84. The molecule has 2 aliphatic rings. The summed E-state index contributed by atoms with van der Waals surface area (Å²) in [5, 5.41) is 11.4. The first-order valence-corrected chi connectivity index (χ1v) is 13.6. The van der Waals surface area contributed by atoms with Gasteiger partial charge < -0.3 is 24.2 Å². The Balaban J connectivity index is 1.68. The van der Waals surface area contributed by atoms with E-state index in [1.165, 1.54) is 0 Å². The van der Waals surface area contributed by atoms with Crippen LogP contribution in [0.5, 0.6) is 11.5 Å². The number of aliphatic hydroxyl groups is 1. The largest absolute Gasteiger partial charge is 0.507 e. The van der Waals surface area contributed by atoms with Crippen molar-refractivity contribution in [1.82, 2.24) is 9.80 Å². The number of morpholine rings is 1. The summed E-state index contributed by atoms with van der Waals surface area (Å²) >= 11 is 0. The standard InChI is InChI=1S/C30H38N2O6/c1-3-5-18-38-25-8-6-7-23(21-25)27-26(28(33)22-9-11-24(12-10-22)37-17-4-2)29(34)30(35)32(27)14-13-31-15-19-36-20-16-31/h6-12,21,27,33H,3-5,13-20H2,1-2H3. The van der Waals surface area contributed by atoms with Crippen LogP contribution in [0, 0.1) is 0 Å². The lowest BCUT2D eigenvalue weighted by atomic mass is 9.95. The van der Waals surface area contributed by atoms with E-state index in [9.17, 15) is 14.7 Å². The van der Waals surface area contributed by atoms with Gasteiger partial charge in [0.1, 0.15) is 17.3 Å². The van der Waals surface area contributed by atoms with E-state index in [1.54, 1.807) is 29.2 Å². The second-order valence-electron chi connectivity index (χ2n) is 9.59. The van der Waals surface area contributed by atoms with E-state index in [0.29, 0.717) is 56.6 Å². The van der Waals surface area contributed by atoms with Crippen molar-refractivity contribution < 1.29 is 28.9 Å². The van der Waals surface area contributed by atoms with E-state index in [1.807, 2.05) is 31.2 Å². The van der Waals surface area contributed by atoms with Crippen LogP contribution in [0.2, 0.25) is 0 Å². The van der Waals surface area contributed by atoms with Crippen LogP contribution in [0.3, 0.4) is 0 Å². The van der Waals surface area contributed by atoms with Crippen molar-refractivity contribution in [2.24, 2.45) is 0 Å². The van der Waals surface area contributed by atoms with E-state index in [-0.39, 0.29) is 11.3 Å². The molecule has 8 heteroatoms. The zero-order chi connectivity index (χ0) is 26.9. The predicted molar refractivity (Wildman–Crippen MR) is 145 cm³/mol. The van der Waals surface area contributed by atoms with Gasteiger partial charge in [-0.2, -0.15) is 0 Å². The first-order chi connectivity index (χ1) is 18.5. The van der Waals surface area contributed by atoms with Crippen molar-refractivity contribution in [2.75, 3.05) is 52.6 Å². The Bertz CT molecular complexity index is 1120. The van der Waals surface area contributed by atoms with Crippen LogP contribution in [0.25, 0.3) is 5.76 Å². The number of amides is 1. The smallest absolute Gasteiger partial charge is 0.295 e. The Kier molecular flexibility index (Phi) is 9.79. The number of benzene rings is 2. The van der Waals surface area contributed by atoms with Gasteiger partial charge in [-0.1, -0.05) is 32.4 Å². The number of nitrogens with zero attached hydrogens (tertiary/aromatic N) is 2. The van der Waals surface area contributed by atoms with Gasteiger partial charge in [0.25, 0.3) is 11.7 Å². The summed E-state index contributed by atoms with van der Waals surface area (Å²) in [4.78, 5) is 30.5. The zero-order valence-corrected chi connectivity index (χ0v) is 22.4. The molecule has 8 nitrogen and oxygen atoms in total. The summed E-state index contributed by atoms with van der Waals surface area (Å²) in [6.07, 6.45) is 2.83. The molecule has 1 unspecified atom stereocenters.